The molecule has 114 valence electrons. The summed E-state index contributed by atoms with van der Waals surface area (Å²) in [5.41, 5.74) is -0.470. The standard InChI is InChI=1S/C17H30N2O/c1-2-3-9-17(20,10-12-19-13-11-18-15-19)14-16-7-5-4-6-8-16/h11,13,15-16,20H,2-10,12,14H2,1H3. The van der Waals surface area contributed by atoms with Crippen LogP contribution in [0.1, 0.15) is 71.1 Å². The van der Waals surface area contributed by atoms with Gasteiger partial charge in [0.1, 0.15) is 0 Å². The van der Waals surface area contributed by atoms with Crippen molar-refractivity contribution in [3.05, 3.63) is 18.7 Å². The van der Waals surface area contributed by atoms with Gasteiger partial charge < -0.3 is 9.67 Å². The summed E-state index contributed by atoms with van der Waals surface area (Å²) in [5, 5.41) is 11.1. The van der Waals surface area contributed by atoms with Gasteiger partial charge >= 0.3 is 0 Å². The smallest absolute Gasteiger partial charge is 0.0945 e. The van der Waals surface area contributed by atoms with Crippen LogP contribution in [0.15, 0.2) is 18.7 Å². The Labute approximate surface area is 123 Å². The molecule has 1 aliphatic carbocycles. The molecular formula is C17H30N2O. The zero-order chi connectivity index (χ0) is 14.3. The van der Waals surface area contributed by atoms with E-state index in [4.69, 9.17) is 0 Å². The van der Waals surface area contributed by atoms with Crippen LogP contribution in [0.25, 0.3) is 0 Å². The van der Waals surface area contributed by atoms with E-state index in [0.29, 0.717) is 0 Å². The van der Waals surface area contributed by atoms with E-state index in [1.165, 1.54) is 32.1 Å². The maximum atomic E-state index is 11.1. The fourth-order valence-corrected chi connectivity index (χ4v) is 3.52. The average molecular weight is 278 g/mol. The molecule has 1 aliphatic rings. The second-order valence-electron chi connectivity index (χ2n) is 6.59. The summed E-state index contributed by atoms with van der Waals surface area (Å²) in [6.45, 7) is 3.09. The summed E-state index contributed by atoms with van der Waals surface area (Å²) in [4.78, 5) is 4.08. The van der Waals surface area contributed by atoms with E-state index in [0.717, 1.165) is 44.6 Å². The Morgan fingerprint density at radius 2 is 2.05 bits per heavy atom. The van der Waals surface area contributed by atoms with Crippen LogP contribution in [0.2, 0.25) is 0 Å². The molecule has 0 saturated heterocycles. The van der Waals surface area contributed by atoms with Crippen LogP contribution in [0.5, 0.6) is 0 Å². The maximum absolute atomic E-state index is 11.1. The summed E-state index contributed by atoms with van der Waals surface area (Å²) in [6.07, 6.45) is 17.5. The van der Waals surface area contributed by atoms with E-state index in [1.54, 1.807) is 0 Å². The van der Waals surface area contributed by atoms with Gasteiger partial charge in [0.05, 0.1) is 11.9 Å². The van der Waals surface area contributed by atoms with Gasteiger partial charge in [-0.3, -0.25) is 0 Å². The molecule has 0 bridgehead atoms. The number of nitrogens with zero attached hydrogens (tertiary/aromatic N) is 2. The third-order valence-corrected chi connectivity index (χ3v) is 4.78. The van der Waals surface area contributed by atoms with Crippen LogP contribution < -0.4 is 0 Å². The molecular weight excluding hydrogens is 248 g/mol. The van der Waals surface area contributed by atoms with Crippen LogP contribution in [0.3, 0.4) is 0 Å². The molecule has 0 radical (unpaired) electrons. The van der Waals surface area contributed by atoms with E-state index < -0.39 is 5.60 Å². The number of rotatable bonds is 8. The summed E-state index contributed by atoms with van der Waals surface area (Å²) >= 11 is 0. The summed E-state index contributed by atoms with van der Waals surface area (Å²) in [5.74, 6) is 0.744. The number of hydrogen-bond acceptors (Lipinski definition) is 2. The molecule has 3 heteroatoms. The van der Waals surface area contributed by atoms with Crippen LogP contribution >= 0.6 is 0 Å². The fraction of sp³-hybridized carbons (Fsp3) is 0.824. The largest absolute Gasteiger partial charge is 0.390 e. The number of aryl methyl sites for hydroxylation is 1. The van der Waals surface area contributed by atoms with Crippen LogP contribution in [-0.2, 0) is 6.54 Å². The Bertz CT molecular complexity index is 357. The van der Waals surface area contributed by atoms with Crippen molar-refractivity contribution in [2.75, 3.05) is 0 Å². The van der Waals surface area contributed by atoms with Gasteiger partial charge in [0.2, 0.25) is 0 Å². The highest BCUT2D eigenvalue weighted by Crippen LogP contribution is 2.34. The number of hydrogen-bond donors (Lipinski definition) is 1. The van der Waals surface area contributed by atoms with Gasteiger partial charge in [-0.1, -0.05) is 51.9 Å². The van der Waals surface area contributed by atoms with E-state index in [-0.39, 0.29) is 0 Å². The zero-order valence-corrected chi connectivity index (χ0v) is 12.9. The summed E-state index contributed by atoms with van der Waals surface area (Å²) in [6, 6.07) is 0. The molecule has 1 aromatic heterocycles. The molecule has 0 aliphatic heterocycles. The highest BCUT2D eigenvalue weighted by molar-refractivity contribution is 4.84. The van der Waals surface area contributed by atoms with Crippen LogP contribution in [0.4, 0.5) is 0 Å². The minimum Gasteiger partial charge on any atom is -0.390 e. The first-order chi connectivity index (χ1) is 9.72. The molecule has 0 aromatic carbocycles. The minimum atomic E-state index is -0.470. The van der Waals surface area contributed by atoms with Gasteiger partial charge in [0.25, 0.3) is 0 Å². The Morgan fingerprint density at radius 3 is 2.70 bits per heavy atom. The number of imidazole rings is 1. The van der Waals surface area contributed by atoms with Crippen molar-refractivity contribution in [2.24, 2.45) is 5.92 Å². The fourth-order valence-electron chi connectivity index (χ4n) is 3.52. The van der Waals surface area contributed by atoms with Crippen molar-refractivity contribution < 1.29 is 5.11 Å². The lowest BCUT2D eigenvalue weighted by atomic mass is 9.77. The van der Waals surface area contributed by atoms with Gasteiger partial charge in [-0.2, -0.15) is 0 Å². The molecule has 20 heavy (non-hydrogen) atoms. The first-order valence-corrected chi connectivity index (χ1v) is 8.40. The first kappa shape index (κ1) is 15.6. The lowest BCUT2D eigenvalue weighted by molar-refractivity contribution is -0.0109. The molecule has 1 saturated carbocycles. The summed E-state index contributed by atoms with van der Waals surface area (Å²) < 4.78 is 2.08. The number of aliphatic hydroxyl groups is 1. The lowest BCUT2D eigenvalue weighted by Crippen LogP contribution is -2.33. The molecule has 1 atom stereocenters. The predicted molar refractivity (Wildman–Crippen MR) is 82.5 cm³/mol. The Kier molecular flexibility index (Phi) is 6.08. The molecule has 1 aromatic rings. The van der Waals surface area contributed by atoms with Crippen molar-refractivity contribution in [1.82, 2.24) is 9.55 Å². The second kappa shape index (κ2) is 7.82. The molecule has 1 heterocycles. The second-order valence-corrected chi connectivity index (χ2v) is 6.59. The van der Waals surface area contributed by atoms with Gasteiger partial charge in [-0.05, 0) is 25.2 Å². The van der Waals surface area contributed by atoms with Gasteiger partial charge in [-0.15, -0.1) is 0 Å². The van der Waals surface area contributed by atoms with E-state index in [9.17, 15) is 5.11 Å². The van der Waals surface area contributed by atoms with Crippen molar-refractivity contribution in [3.63, 3.8) is 0 Å². The molecule has 3 nitrogen and oxygen atoms in total. The Morgan fingerprint density at radius 1 is 1.25 bits per heavy atom. The Hall–Kier alpha value is -0.830. The van der Waals surface area contributed by atoms with Gasteiger partial charge in [0, 0.05) is 18.9 Å². The highest BCUT2D eigenvalue weighted by atomic mass is 16.3. The topological polar surface area (TPSA) is 38.0 Å². The van der Waals surface area contributed by atoms with Gasteiger partial charge in [-0.25, -0.2) is 4.98 Å². The molecule has 1 N–H and O–H groups in total. The highest BCUT2D eigenvalue weighted by Gasteiger charge is 2.30. The zero-order valence-electron chi connectivity index (χ0n) is 12.9. The monoisotopic (exact) mass is 278 g/mol. The normalized spacial score (nSPS) is 19.9. The molecule has 0 spiro atoms. The van der Waals surface area contributed by atoms with Gasteiger partial charge in [0.15, 0.2) is 0 Å². The predicted octanol–water partition coefficient (Wildman–Crippen LogP) is 4.16. The summed E-state index contributed by atoms with van der Waals surface area (Å²) in [7, 11) is 0. The molecule has 0 amide bonds. The van der Waals surface area contributed by atoms with E-state index in [2.05, 4.69) is 16.5 Å². The third-order valence-electron chi connectivity index (χ3n) is 4.78. The Balaban J connectivity index is 1.88. The van der Waals surface area contributed by atoms with E-state index in [1.807, 2.05) is 18.7 Å². The maximum Gasteiger partial charge on any atom is 0.0945 e. The van der Waals surface area contributed by atoms with Crippen molar-refractivity contribution >= 4 is 0 Å². The average Bonchev–Trinajstić information content (AvgIpc) is 2.98. The third kappa shape index (κ3) is 4.93. The molecule has 2 rings (SSSR count). The van der Waals surface area contributed by atoms with E-state index >= 15 is 0 Å². The SMILES string of the molecule is CCCCC(O)(CCn1ccnc1)CC1CCCCC1. The van der Waals surface area contributed by atoms with Crippen molar-refractivity contribution in [2.45, 2.75) is 83.3 Å². The van der Waals surface area contributed by atoms with Crippen LogP contribution in [-0.4, -0.2) is 20.3 Å². The number of unbranched alkanes of at least 4 members (excludes halogenated alkanes) is 1. The van der Waals surface area contributed by atoms with Crippen molar-refractivity contribution in [3.8, 4) is 0 Å². The van der Waals surface area contributed by atoms with Crippen molar-refractivity contribution in [1.29, 1.82) is 0 Å². The first-order valence-electron chi connectivity index (χ1n) is 8.40. The number of aromatic nitrogens is 2. The quantitative estimate of drug-likeness (QED) is 0.775. The van der Waals surface area contributed by atoms with Crippen LogP contribution in [0, 0.1) is 5.92 Å². The lowest BCUT2D eigenvalue weighted by Gasteiger charge is -2.34. The molecule has 1 fully saturated rings. The minimum absolute atomic E-state index is 0.470. The molecule has 1 unspecified atom stereocenters.